The van der Waals surface area contributed by atoms with Gasteiger partial charge in [-0.05, 0) is 116 Å². The van der Waals surface area contributed by atoms with E-state index >= 15 is 0 Å². The molecule has 5 aliphatic rings. The maximum absolute atomic E-state index is 10.5. The van der Waals surface area contributed by atoms with Crippen LogP contribution in [0.2, 0.25) is 0 Å². The van der Waals surface area contributed by atoms with Gasteiger partial charge in [0.2, 0.25) is 0 Å². The molecular formula is C30H46N2O3. The highest BCUT2D eigenvalue weighted by molar-refractivity contribution is 5.91. The summed E-state index contributed by atoms with van der Waals surface area (Å²) in [4.78, 5) is 0. The molecule has 0 saturated heterocycles. The van der Waals surface area contributed by atoms with Crippen molar-refractivity contribution in [2.45, 2.75) is 91.9 Å². The zero-order valence-electron chi connectivity index (χ0n) is 22.3. The summed E-state index contributed by atoms with van der Waals surface area (Å²) in [7, 11) is 0. The van der Waals surface area contributed by atoms with Crippen LogP contribution >= 0.6 is 0 Å². The third kappa shape index (κ3) is 2.96. The van der Waals surface area contributed by atoms with Crippen molar-refractivity contribution in [3.05, 3.63) is 12.2 Å². The van der Waals surface area contributed by atoms with Gasteiger partial charge in [0.15, 0.2) is 0 Å². The van der Waals surface area contributed by atoms with E-state index in [9.17, 15) is 20.7 Å². The number of oxime groups is 1. The molecule has 0 radical (unpaired) electrons. The highest BCUT2D eigenvalue weighted by atomic mass is 16.4. The monoisotopic (exact) mass is 482 g/mol. The van der Waals surface area contributed by atoms with E-state index in [1.165, 1.54) is 0 Å². The van der Waals surface area contributed by atoms with E-state index in [0.29, 0.717) is 23.7 Å². The standard InChI is InChI=1S/C30H46N2O3/c1-19(16-33)20-8-13-30(17-31)15-14-28(4)21(25(20)30)6-7-23-26(2)11-10-24(32-35)27(3,18-34)22(26)9-12-29(23,28)5/h20-23,25,33-35H,1,6-16,18H2,2-5H3/b32-24-/t20-,21+,22+,23+,25+,26-,27-,28+,29+,30+/m0/s1. The third-order valence-corrected chi connectivity index (χ3v) is 13.4. The van der Waals surface area contributed by atoms with Crippen molar-refractivity contribution in [1.82, 2.24) is 0 Å². The highest BCUT2D eigenvalue weighted by Gasteiger charge is 2.71. The van der Waals surface area contributed by atoms with Gasteiger partial charge < -0.3 is 15.4 Å². The molecule has 5 saturated carbocycles. The summed E-state index contributed by atoms with van der Waals surface area (Å²) in [6.07, 6.45) is 10.2. The lowest BCUT2D eigenvalue weighted by Gasteiger charge is -2.72. The van der Waals surface area contributed by atoms with Crippen molar-refractivity contribution in [1.29, 1.82) is 5.26 Å². The molecule has 0 aromatic heterocycles. The summed E-state index contributed by atoms with van der Waals surface area (Å²) < 4.78 is 0. The van der Waals surface area contributed by atoms with Crippen LogP contribution in [0.25, 0.3) is 0 Å². The Kier molecular flexibility index (Phi) is 5.82. The highest BCUT2D eigenvalue weighted by Crippen LogP contribution is 2.77. The van der Waals surface area contributed by atoms with Crippen LogP contribution in [-0.4, -0.2) is 34.3 Å². The van der Waals surface area contributed by atoms with Crippen LogP contribution in [0.5, 0.6) is 0 Å². The van der Waals surface area contributed by atoms with Crippen molar-refractivity contribution in [2.24, 2.45) is 61.8 Å². The number of nitriles is 1. The molecule has 194 valence electrons. The fourth-order valence-corrected chi connectivity index (χ4v) is 11.4. The molecule has 0 amide bonds. The fourth-order valence-electron chi connectivity index (χ4n) is 11.4. The van der Waals surface area contributed by atoms with Crippen LogP contribution in [0.1, 0.15) is 91.9 Å². The number of nitrogens with zero attached hydrogens (tertiary/aromatic N) is 2. The lowest BCUT2D eigenvalue weighted by Crippen LogP contribution is -2.66. The first-order chi connectivity index (χ1) is 16.5. The van der Waals surface area contributed by atoms with Gasteiger partial charge in [-0.25, -0.2) is 0 Å². The first-order valence-electron chi connectivity index (χ1n) is 14.0. The van der Waals surface area contributed by atoms with E-state index in [1.807, 2.05) is 0 Å². The van der Waals surface area contributed by atoms with Crippen LogP contribution in [0.3, 0.4) is 0 Å². The number of fused-ring (bicyclic) bond motifs is 7. The molecule has 10 atom stereocenters. The lowest BCUT2D eigenvalue weighted by atomic mass is 9.32. The number of aliphatic hydroxyl groups is 2. The van der Waals surface area contributed by atoms with Crippen molar-refractivity contribution < 1.29 is 15.4 Å². The van der Waals surface area contributed by atoms with E-state index in [1.54, 1.807) is 0 Å². The number of aliphatic hydroxyl groups excluding tert-OH is 2. The Hall–Kier alpha value is -1.38. The zero-order chi connectivity index (χ0) is 25.4. The van der Waals surface area contributed by atoms with Gasteiger partial charge in [0, 0.05) is 5.41 Å². The third-order valence-electron chi connectivity index (χ3n) is 13.4. The van der Waals surface area contributed by atoms with E-state index < -0.39 is 5.41 Å². The fraction of sp³-hybridized carbons (Fsp3) is 0.867. The molecule has 0 aliphatic heterocycles. The molecule has 5 nitrogen and oxygen atoms in total. The predicted octanol–water partition coefficient (Wildman–Crippen LogP) is 5.94. The summed E-state index contributed by atoms with van der Waals surface area (Å²) in [5.74, 6) is 1.91. The van der Waals surface area contributed by atoms with E-state index in [-0.39, 0.29) is 40.8 Å². The first kappa shape index (κ1) is 25.3. The maximum atomic E-state index is 10.5. The molecule has 0 heterocycles. The quantitative estimate of drug-likeness (QED) is 0.263. The van der Waals surface area contributed by atoms with Crippen LogP contribution in [-0.2, 0) is 0 Å². The normalized spacial score (nSPS) is 54.2. The van der Waals surface area contributed by atoms with Gasteiger partial charge in [-0.3, -0.25) is 0 Å². The summed E-state index contributed by atoms with van der Waals surface area (Å²) >= 11 is 0. The lowest BCUT2D eigenvalue weighted by molar-refractivity contribution is -0.226. The molecule has 5 rings (SSSR count). The number of hydrogen-bond acceptors (Lipinski definition) is 5. The van der Waals surface area contributed by atoms with Crippen molar-refractivity contribution >= 4 is 5.71 Å². The summed E-state index contributed by atoms with van der Waals surface area (Å²) in [5.41, 5.74) is 1.40. The van der Waals surface area contributed by atoms with Crippen LogP contribution in [0, 0.1) is 68.0 Å². The van der Waals surface area contributed by atoms with Crippen molar-refractivity contribution in [2.75, 3.05) is 13.2 Å². The molecule has 35 heavy (non-hydrogen) atoms. The minimum atomic E-state index is -0.460. The molecule has 0 aromatic rings. The average Bonchev–Trinajstić information content (AvgIpc) is 3.24. The first-order valence-corrected chi connectivity index (χ1v) is 14.0. The molecule has 0 unspecified atom stereocenters. The van der Waals surface area contributed by atoms with Crippen LogP contribution in [0.4, 0.5) is 0 Å². The van der Waals surface area contributed by atoms with E-state index in [0.717, 1.165) is 75.5 Å². The zero-order valence-corrected chi connectivity index (χ0v) is 22.3. The molecule has 0 aromatic carbocycles. The average molecular weight is 483 g/mol. The second-order valence-electron chi connectivity index (χ2n) is 14.0. The Bertz CT molecular complexity index is 971. The topological polar surface area (TPSA) is 96.8 Å². The molecule has 0 spiro atoms. The van der Waals surface area contributed by atoms with Crippen LogP contribution < -0.4 is 0 Å². The summed E-state index contributed by atoms with van der Waals surface area (Å²) in [5, 5.41) is 44.4. The molecule has 5 heteroatoms. The van der Waals surface area contributed by atoms with E-state index in [2.05, 4.69) is 45.5 Å². The smallest absolute Gasteiger partial charge is 0.0693 e. The predicted molar refractivity (Wildman–Crippen MR) is 137 cm³/mol. The number of hydrogen-bond donors (Lipinski definition) is 3. The minimum absolute atomic E-state index is 0.0280. The molecule has 3 N–H and O–H groups in total. The molecule has 5 fully saturated rings. The van der Waals surface area contributed by atoms with Gasteiger partial charge in [-0.15, -0.1) is 0 Å². The van der Waals surface area contributed by atoms with Crippen LogP contribution in [0.15, 0.2) is 17.3 Å². The number of rotatable bonds is 3. The van der Waals surface area contributed by atoms with Gasteiger partial charge in [-0.1, -0.05) is 39.4 Å². The maximum Gasteiger partial charge on any atom is 0.0693 e. The Labute approximate surface area is 211 Å². The van der Waals surface area contributed by atoms with E-state index in [4.69, 9.17) is 0 Å². The Morgan fingerprint density at radius 2 is 1.71 bits per heavy atom. The Morgan fingerprint density at radius 1 is 0.971 bits per heavy atom. The second-order valence-corrected chi connectivity index (χ2v) is 14.0. The van der Waals surface area contributed by atoms with Gasteiger partial charge in [-0.2, -0.15) is 5.26 Å². The van der Waals surface area contributed by atoms with Gasteiger partial charge in [0.1, 0.15) is 0 Å². The Balaban J connectivity index is 1.55. The Morgan fingerprint density at radius 3 is 2.34 bits per heavy atom. The second kappa shape index (κ2) is 8.06. The summed E-state index contributed by atoms with van der Waals surface area (Å²) in [6, 6.07) is 2.82. The SMILES string of the molecule is C=C(CO)[C@@H]1CC[C@]2(C#N)CC[C@]3(C)[C@H](CC[C@@H]4[C@@]5(C)CC/C(=N/O)[C@@](C)(CO)[C@@H]5CC[C@]43C)[C@@H]12. The van der Waals surface area contributed by atoms with Gasteiger partial charge in [0.05, 0.1) is 30.4 Å². The summed E-state index contributed by atoms with van der Waals surface area (Å²) in [6.45, 7) is 14.0. The van der Waals surface area contributed by atoms with Gasteiger partial charge in [0.25, 0.3) is 0 Å². The minimum Gasteiger partial charge on any atom is -0.411 e. The molecule has 5 aliphatic carbocycles. The van der Waals surface area contributed by atoms with Crippen molar-refractivity contribution in [3.63, 3.8) is 0 Å². The van der Waals surface area contributed by atoms with Gasteiger partial charge >= 0.3 is 0 Å². The molecule has 0 bridgehead atoms. The van der Waals surface area contributed by atoms with Crippen molar-refractivity contribution in [3.8, 4) is 6.07 Å². The largest absolute Gasteiger partial charge is 0.411 e. The molecular weight excluding hydrogens is 436 g/mol.